The number of carbonyl (C=O) groups excluding carboxylic acids is 1. The number of para-hydroxylation sites is 1. The lowest BCUT2D eigenvalue weighted by Gasteiger charge is -2.45. The molecule has 0 atom stereocenters. The van der Waals surface area contributed by atoms with E-state index in [0.717, 1.165) is 32.1 Å². The molecule has 1 saturated heterocycles. The number of ether oxygens (including phenoxy) is 1. The van der Waals surface area contributed by atoms with Gasteiger partial charge in [-0.3, -0.25) is 4.79 Å². The zero-order chi connectivity index (χ0) is 19.1. The molecule has 1 saturated carbocycles. The molecule has 7 heteroatoms. The largest absolute Gasteiger partial charge is 0.492 e. The fourth-order valence-electron chi connectivity index (χ4n) is 4.36. The van der Waals surface area contributed by atoms with Crippen LogP contribution in [0.3, 0.4) is 0 Å². The van der Waals surface area contributed by atoms with Crippen LogP contribution < -0.4 is 4.74 Å². The molecule has 0 N–H and O–H groups in total. The fourth-order valence-corrected chi connectivity index (χ4v) is 6.05. The van der Waals surface area contributed by atoms with Crippen molar-refractivity contribution in [2.24, 2.45) is 11.3 Å². The maximum absolute atomic E-state index is 13.1. The highest BCUT2D eigenvalue weighted by Gasteiger charge is 2.43. The monoisotopic (exact) mass is 392 g/mol. The van der Waals surface area contributed by atoms with Crippen molar-refractivity contribution < 1.29 is 17.9 Å². The first-order valence-corrected chi connectivity index (χ1v) is 11.4. The predicted molar refractivity (Wildman–Crippen MR) is 102 cm³/mol. The van der Waals surface area contributed by atoms with E-state index in [2.05, 4.69) is 0 Å². The fraction of sp³-hybridized carbons (Fsp3) is 0.650. The Hall–Kier alpha value is -1.60. The summed E-state index contributed by atoms with van der Waals surface area (Å²) in [5.74, 6) is 0.934. The maximum Gasteiger partial charge on any atom is 0.246 e. The summed E-state index contributed by atoms with van der Waals surface area (Å²) in [4.78, 5) is 14.8. The molecule has 4 rings (SSSR count). The van der Waals surface area contributed by atoms with Gasteiger partial charge >= 0.3 is 0 Å². The van der Waals surface area contributed by atoms with Crippen LogP contribution >= 0.6 is 0 Å². The molecule has 27 heavy (non-hydrogen) atoms. The lowest BCUT2D eigenvalue weighted by molar-refractivity contribution is -0.141. The Kier molecular flexibility index (Phi) is 4.93. The molecule has 148 valence electrons. The van der Waals surface area contributed by atoms with E-state index >= 15 is 0 Å². The summed E-state index contributed by atoms with van der Waals surface area (Å²) in [5.41, 5.74) is -0.243. The van der Waals surface area contributed by atoms with E-state index in [1.807, 2.05) is 11.8 Å². The minimum atomic E-state index is -3.58. The van der Waals surface area contributed by atoms with E-state index in [4.69, 9.17) is 4.74 Å². The summed E-state index contributed by atoms with van der Waals surface area (Å²) in [6.45, 7) is 4.64. The molecule has 2 fully saturated rings. The van der Waals surface area contributed by atoms with Crippen molar-refractivity contribution in [2.45, 2.75) is 43.9 Å². The zero-order valence-corrected chi connectivity index (χ0v) is 16.7. The standard InChI is InChI=1S/C20H28N2O4S/c1-2-22-14-20(10-12-21(13-11-20)19(23)16-6-5-7-16)15-26-17-8-3-4-9-18(17)27(22,24)25/h3-4,8-9,16H,2,5-7,10-15H2,1H3. The van der Waals surface area contributed by atoms with E-state index < -0.39 is 10.0 Å². The van der Waals surface area contributed by atoms with Gasteiger partial charge < -0.3 is 9.64 Å². The minimum Gasteiger partial charge on any atom is -0.492 e. The van der Waals surface area contributed by atoms with Crippen LogP contribution in [0, 0.1) is 11.3 Å². The van der Waals surface area contributed by atoms with E-state index in [1.165, 1.54) is 0 Å². The van der Waals surface area contributed by atoms with Gasteiger partial charge in [-0.25, -0.2) is 8.42 Å². The van der Waals surface area contributed by atoms with Crippen molar-refractivity contribution in [3.05, 3.63) is 24.3 Å². The SMILES string of the molecule is CCN1CC2(CCN(C(=O)C3CCC3)CC2)COc2ccccc2S1(=O)=O. The minimum absolute atomic E-state index is 0.215. The molecule has 1 aromatic rings. The lowest BCUT2D eigenvalue weighted by Crippen LogP contribution is -2.53. The van der Waals surface area contributed by atoms with Crippen LogP contribution in [0.1, 0.15) is 39.0 Å². The summed E-state index contributed by atoms with van der Waals surface area (Å²) >= 11 is 0. The number of hydrogen-bond donors (Lipinski definition) is 0. The number of amides is 1. The van der Waals surface area contributed by atoms with Gasteiger partial charge in [-0.1, -0.05) is 25.5 Å². The maximum atomic E-state index is 13.1. The molecule has 1 spiro atoms. The highest BCUT2D eigenvalue weighted by molar-refractivity contribution is 7.89. The van der Waals surface area contributed by atoms with E-state index in [9.17, 15) is 13.2 Å². The molecule has 6 nitrogen and oxygen atoms in total. The van der Waals surface area contributed by atoms with Gasteiger partial charge in [0.15, 0.2) is 0 Å². The van der Waals surface area contributed by atoms with Crippen LogP contribution in [0.5, 0.6) is 5.75 Å². The van der Waals surface area contributed by atoms with Crippen molar-refractivity contribution in [1.82, 2.24) is 9.21 Å². The molecular formula is C20H28N2O4S. The normalized spacial score (nSPS) is 25.0. The first-order chi connectivity index (χ1) is 13.0. The Morgan fingerprint density at radius 2 is 1.93 bits per heavy atom. The van der Waals surface area contributed by atoms with Gasteiger partial charge in [0, 0.05) is 37.5 Å². The molecular weight excluding hydrogens is 364 g/mol. The molecule has 0 aromatic heterocycles. The molecule has 0 bridgehead atoms. The van der Waals surface area contributed by atoms with E-state index in [-0.39, 0.29) is 22.1 Å². The third-order valence-electron chi connectivity index (χ3n) is 6.46. The number of rotatable bonds is 2. The summed E-state index contributed by atoms with van der Waals surface area (Å²) in [6.07, 6.45) is 4.74. The Labute approximate surface area is 161 Å². The molecule has 2 heterocycles. The third kappa shape index (κ3) is 3.36. The van der Waals surface area contributed by atoms with Gasteiger partial charge in [0.1, 0.15) is 10.6 Å². The zero-order valence-electron chi connectivity index (χ0n) is 15.9. The van der Waals surface area contributed by atoms with Crippen molar-refractivity contribution in [2.75, 3.05) is 32.8 Å². The Morgan fingerprint density at radius 1 is 1.22 bits per heavy atom. The number of piperidine rings is 1. The van der Waals surface area contributed by atoms with Gasteiger partial charge in [0.2, 0.25) is 15.9 Å². The average Bonchev–Trinajstić information content (AvgIpc) is 2.63. The molecule has 1 aliphatic carbocycles. The molecule has 1 amide bonds. The summed E-state index contributed by atoms with van der Waals surface area (Å²) in [6, 6.07) is 6.88. The lowest BCUT2D eigenvalue weighted by atomic mass is 9.77. The van der Waals surface area contributed by atoms with Gasteiger partial charge in [0.25, 0.3) is 0 Å². The van der Waals surface area contributed by atoms with Crippen molar-refractivity contribution in [3.8, 4) is 5.75 Å². The number of carbonyl (C=O) groups is 1. The van der Waals surface area contributed by atoms with Crippen LogP contribution in [0.2, 0.25) is 0 Å². The summed E-state index contributed by atoms with van der Waals surface area (Å²) in [7, 11) is -3.58. The highest BCUT2D eigenvalue weighted by Crippen LogP contribution is 2.40. The first-order valence-electron chi connectivity index (χ1n) is 9.96. The number of sulfonamides is 1. The van der Waals surface area contributed by atoms with E-state index in [0.29, 0.717) is 38.5 Å². The van der Waals surface area contributed by atoms with Crippen molar-refractivity contribution >= 4 is 15.9 Å². The summed E-state index contributed by atoms with van der Waals surface area (Å²) < 4.78 is 33.8. The number of nitrogens with zero attached hydrogens (tertiary/aromatic N) is 2. The second-order valence-electron chi connectivity index (χ2n) is 8.12. The van der Waals surface area contributed by atoms with Crippen LogP contribution in [0.15, 0.2) is 29.2 Å². The molecule has 0 unspecified atom stereocenters. The molecule has 0 radical (unpaired) electrons. The van der Waals surface area contributed by atoms with Crippen LogP contribution in [0.4, 0.5) is 0 Å². The quantitative estimate of drug-likeness (QED) is 0.776. The van der Waals surface area contributed by atoms with Gasteiger partial charge in [-0.15, -0.1) is 0 Å². The topological polar surface area (TPSA) is 66.9 Å². The second kappa shape index (κ2) is 7.09. The first kappa shape index (κ1) is 18.7. The third-order valence-corrected chi connectivity index (χ3v) is 8.42. The average molecular weight is 393 g/mol. The van der Waals surface area contributed by atoms with Crippen molar-refractivity contribution in [3.63, 3.8) is 0 Å². The Balaban J connectivity index is 1.55. The van der Waals surface area contributed by atoms with E-state index in [1.54, 1.807) is 28.6 Å². The second-order valence-corrected chi connectivity index (χ2v) is 10.0. The number of hydrogen-bond acceptors (Lipinski definition) is 4. The predicted octanol–water partition coefficient (Wildman–Crippen LogP) is 2.50. The smallest absolute Gasteiger partial charge is 0.246 e. The number of likely N-dealkylation sites (tertiary alicyclic amines) is 1. The van der Waals surface area contributed by atoms with Crippen LogP contribution in [-0.2, 0) is 14.8 Å². The van der Waals surface area contributed by atoms with Gasteiger partial charge in [-0.05, 0) is 37.8 Å². The Morgan fingerprint density at radius 3 is 2.56 bits per heavy atom. The van der Waals surface area contributed by atoms with Crippen molar-refractivity contribution in [1.29, 1.82) is 0 Å². The van der Waals surface area contributed by atoms with Gasteiger partial charge in [-0.2, -0.15) is 4.31 Å². The number of benzene rings is 1. The van der Waals surface area contributed by atoms with Crippen LogP contribution in [0.25, 0.3) is 0 Å². The molecule has 2 aliphatic heterocycles. The highest BCUT2D eigenvalue weighted by atomic mass is 32.2. The Bertz CT molecular complexity index is 811. The van der Waals surface area contributed by atoms with Crippen LogP contribution in [-0.4, -0.2) is 56.3 Å². The molecule has 1 aromatic carbocycles. The summed E-state index contributed by atoms with van der Waals surface area (Å²) in [5, 5.41) is 0. The van der Waals surface area contributed by atoms with Gasteiger partial charge in [0.05, 0.1) is 6.61 Å². The molecule has 3 aliphatic rings. The number of fused-ring (bicyclic) bond motifs is 1.